The van der Waals surface area contributed by atoms with Crippen molar-refractivity contribution in [3.05, 3.63) is 82.5 Å². The van der Waals surface area contributed by atoms with Gasteiger partial charge in [-0.3, -0.25) is 9.59 Å². The predicted molar refractivity (Wildman–Crippen MR) is 128 cm³/mol. The number of rotatable bonds is 7. The van der Waals surface area contributed by atoms with Crippen molar-refractivity contribution in [3.8, 4) is 23.0 Å². The van der Waals surface area contributed by atoms with Gasteiger partial charge in [-0.15, -0.1) is 0 Å². The van der Waals surface area contributed by atoms with Gasteiger partial charge in [0.2, 0.25) is 6.79 Å². The molecule has 2 amide bonds. The van der Waals surface area contributed by atoms with E-state index in [-0.39, 0.29) is 23.1 Å². The van der Waals surface area contributed by atoms with E-state index in [2.05, 4.69) is 10.6 Å². The monoisotopic (exact) mass is 480 g/mol. The molecule has 0 fully saturated rings. The van der Waals surface area contributed by atoms with E-state index in [0.29, 0.717) is 34.2 Å². The molecule has 0 saturated heterocycles. The van der Waals surface area contributed by atoms with Gasteiger partial charge in [0.15, 0.2) is 11.5 Å². The van der Waals surface area contributed by atoms with Gasteiger partial charge in [-0.05, 0) is 48.0 Å². The Morgan fingerprint density at radius 2 is 1.76 bits per heavy atom. The molecule has 0 unspecified atom stereocenters. The van der Waals surface area contributed by atoms with Gasteiger partial charge >= 0.3 is 0 Å². The molecular formula is C25H21ClN2O6. The van der Waals surface area contributed by atoms with E-state index in [1.54, 1.807) is 60.7 Å². The van der Waals surface area contributed by atoms with Gasteiger partial charge in [-0.1, -0.05) is 29.8 Å². The Hall–Kier alpha value is -4.17. The Kier molecular flexibility index (Phi) is 6.89. The Balaban J connectivity index is 1.66. The number of hydrogen-bond acceptors (Lipinski definition) is 6. The van der Waals surface area contributed by atoms with Crippen LogP contribution in [0.15, 0.2) is 66.4 Å². The van der Waals surface area contributed by atoms with Crippen LogP contribution >= 0.6 is 11.6 Å². The standard InChI is InChI=1S/C25H21ClN2O6/c1-31-16-8-9-19(22(13-16)32-2)27-25(30)20(28-24(29)17-5-3-4-6-18(17)26)11-15-7-10-21-23(12-15)34-14-33-21/h3-13H,14H2,1-2H3,(H,27,30)(H,28,29)/b20-11+. The van der Waals surface area contributed by atoms with Crippen molar-refractivity contribution < 1.29 is 28.5 Å². The zero-order chi connectivity index (χ0) is 24.1. The van der Waals surface area contributed by atoms with Crippen LogP contribution in [0.3, 0.4) is 0 Å². The molecule has 3 aromatic carbocycles. The molecule has 9 heteroatoms. The fraction of sp³-hybridized carbons (Fsp3) is 0.120. The van der Waals surface area contributed by atoms with Gasteiger partial charge in [0.1, 0.15) is 17.2 Å². The largest absolute Gasteiger partial charge is 0.497 e. The lowest BCUT2D eigenvalue weighted by atomic mass is 10.1. The maximum Gasteiger partial charge on any atom is 0.272 e. The molecule has 0 bridgehead atoms. The number of methoxy groups -OCH3 is 2. The first-order valence-corrected chi connectivity index (χ1v) is 10.6. The Morgan fingerprint density at radius 3 is 2.53 bits per heavy atom. The number of anilines is 1. The molecule has 0 spiro atoms. The molecule has 4 rings (SSSR count). The lowest BCUT2D eigenvalue weighted by molar-refractivity contribution is -0.113. The van der Waals surface area contributed by atoms with Crippen LogP contribution in [0.2, 0.25) is 5.02 Å². The second kappa shape index (κ2) is 10.2. The van der Waals surface area contributed by atoms with E-state index >= 15 is 0 Å². The second-order valence-corrected chi connectivity index (χ2v) is 7.53. The van der Waals surface area contributed by atoms with Crippen molar-refractivity contribution in [1.82, 2.24) is 5.32 Å². The topological polar surface area (TPSA) is 95.1 Å². The Morgan fingerprint density at radius 1 is 0.971 bits per heavy atom. The van der Waals surface area contributed by atoms with E-state index in [1.807, 2.05) is 0 Å². The third-order valence-electron chi connectivity index (χ3n) is 4.98. The second-order valence-electron chi connectivity index (χ2n) is 7.13. The summed E-state index contributed by atoms with van der Waals surface area (Å²) in [7, 11) is 3.01. The molecule has 2 N–H and O–H groups in total. The molecule has 0 aliphatic carbocycles. The summed E-state index contributed by atoms with van der Waals surface area (Å²) in [5.74, 6) is 1.01. The first kappa shape index (κ1) is 23.0. The summed E-state index contributed by atoms with van der Waals surface area (Å²) in [6.07, 6.45) is 1.53. The van der Waals surface area contributed by atoms with E-state index in [4.69, 9.17) is 30.5 Å². The number of nitrogens with one attached hydrogen (secondary N) is 2. The quantitative estimate of drug-likeness (QED) is 0.484. The summed E-state index contributed by atoms with van der Waals surface area (Å²) >= 11 is 6.16. The average Bonchev–Trinajstić information content (AvgIpc) is 3.32. The first-order valence-electron chi connectivity index (χ1n) is 10.2. The van der Waals surface area contributed by atoms with Crippen molar-refractivity contribution >= 4 is 35.2 Å². The van der Waals surface area contributed by atoms with Crippen LogP contribution in [0, 0.1) is 0 Å². The molecule has 1 aliphatic heterocycles. The first-order chi connectivity index (χ1) is 16.5. The van der Waals surface area contributed by atoms with Crippen LogP contribution in [-0.2, 0) is 4.79 Å². The van der Waals surface area contributed by atoms with Crippen LogP contribution in [0.4, 0.5) is 5.69 Å². The van der Waals surface area contributed by atoms with Crippen molar-refractivity contribution in [2.45, 2.75) is 0 Å². The minimum Gasteiger partial charge on any atom is -0.497 e. The highest BCUT2D eigenvalue weighted by Crippen LogP contribution is 2.33. The number of carbonyl (C=O) groups excluding carboxylic acids is 2. The van der Waals surface area contributed by atoms with E-state index in [1.165, 1.54) is 20.3 Å². The smallest absolute Gasteiger partial charge is 0.272 e. The lowest BCUT2D eigenvalue weighted by Gasteiger charge is -2.14. The molecule has 34 heavy (non-hydrogen) atoms. The summed E-state index contributed by atoms with van der Waals surface area (Å²) in [6.45, 7) is 0.121. The number of fused-ring (bicyclic) bond motifs is 1. The van der Waals surface area contributed by atoms with Gasteiger partial charge in [-0.2, -0.15) is 0 Å². The van der Waals surface area contributed by atoms with Crippen molar-refractivity contribution in [2.75, 3.05) is 26.3 Å². The number of halogens is 1. The minimum absolute atomic E-state index is 0.0124. The number of carbonyl (C=O) groups is 2. The van der Waals surface area contributed by atoms with Crippen LogP contribution in [-0.4, -0.2) is 32.8 Å². The molecule has 3 aromatic rings. The maximum absolute atomic E-state index is 13.3. The maximum atomic E-state index is 13.3. The SMILES string of the molecule is COc1ccc(NC(=O)/C(=C\c2ccc3c(c2)OCO3)NC(=O)c2ccccc2Cl)c(OC)c1. The molecule has 1 aliphatic rings. The molecule has 1 heterocycles. The van der Waals surface area contributed by atoms with E-state index < -0.39 is 11.8 Å². The molecule has 0 saturated carbocycles. The Bertz CT molecular complexity index is 1270. The third kappa shape index (κ3) is 5.07. The molecule has 0 aromatic heterocycles. The van der Waals surface area contributed by atoms with Crippen LogP contribution in [0.1, 0.15) is 15.9 Å². The summed E-state index contributed by atoms with van der Waals surface area (Å²) in [4.78, 5) is 26.2. The zero-order valence-corrected chi connectivity index (χ0v) is 19.1. The normalized spacial score (nSPS) is 12.1. The van der Waals surface area contributed by atoms with Gasteiger partial charge in [0, 0.05) is 6.07 Å². The zero-order valence-electron chi connectivity index (χ0n) is 18.4. The third-order valence-corrected chi connectivity index (χ3v) is 5.31. The van der Waals surface area contributed by atoms with Crippen LogP contribution in [0.5, 0.6) is 23.0 Å². The molecular weight excluding hydrogens is 460 g/mol. The minimum atomic E-state index is -0.568. The highest BCUT2D eigenvalue weighted by atomic mass is 35.5. The Labute approximate surface area is 201 Å². The molecule has 8 nitrogen and oxygen atoms in total. The van der Waals surface area contributed by atoms with E-state index in [9.17, 15) is 9.59 Å². The van der Waals surface area contributed by atoms with Gasteiger partial charge in [0.05, 0.1) is 30.5 Å². The fourth-order valence-corrected chi connectivity index (χ4v) is 3.48. The van der Waals surface area contributed by atoms with Crippen LogP contribution in [0.25, 0.3) is 6.08 Å². The van der Waals surface area contributed by atoms with Gasteiger partial charge < -0.3 is 29.6 Å². The summed E-state index contributed by atoms with van der Waals surface area (Å²) in [5.41, 5.74) is 1.24. The lowest BCUT2D eigenvalue weighted by Crippen LogP contribution is -2.31. The fourth-order valence-electron chi connectivity index (χ4n) is 3.25. The predicted octanol–water partition coefficient (Wildman–Crippen LogP) is 4.50. The van der Waals surface area contributed by atoms with E-state index in [0.717, 1.165) is 0 Å². The summed E-state index contributed by atoms with van der Waals surface area (Å²) in [6, 6.07) is 16.7. The number of hydrogen-bond donors (Lipinski definition) is 2. The molecule has 0 radical (unpaired) electrons. The number of amides is 2. The summed E-state index contributed by atoms with van der Waals surface area (Å²) in [5, 5.41) is 5.69. The highest BCUT2D eigenvalue weighted by molar-refractivity contribution is 6.34. The van der Waals surface area contributed by atoms with Crippen LogP contribution < -0.4 is 29.6 Å². The number of ether oxygens (including phenoxy) is 4. The van der Waals surface area contributed by atoms with Crippen molar-refractivity contribution in [2.24, 2.45) is 0 Å². The van der Waals surface area contributed by atoms with Gasteiger partial charge in [0.25, 0.3) is 11.8 Å². The molecule has 0 atom stereocenters. The van der Waals surface area contributed by atoms with Crippen molar-refractivity contribution in [1.29, 1.82) is 0 Å². The number of benzene rings is 3. The van der Waals surface area contributed by atoms with Gasteiger partial charge in [-0.25, -0.2) is 0 Å². The highest BCUT2D eigenvalue weighted by Gasteiger charge is 2.19. The molecule has 174 valence electrons. The summed E-state index contributed by atoms with van der Waals surface area (Å²) < 4.78 is 21.3. The average molecular weight is 481 g/mol. The van der Waals surface area contributed by atoms with Crippen molar-refractivity contribution in [3.63, 3.8) is 0 Å².